The van der Waals surface area contributed by atoms with Crippen molar-refractivity contribution in [3.05, 3.63) is 24.3 Å². The van der Waals surface area contributed by atoms with Gasteiger partial charge in [0, 0.05) is 13.0 Å². The third-order valence-corrected chi connectivity index (χ3v) is 15.0. The molecule has 1 saturated heterocycles. The van der Waals surface area contributed by atoms with Crippen LogP contribution in [0.2, 0.25) is 0 Å². The van der Waals surface area contributed by atoms with Crippen molar-refractivity contribution < 1.29 is 56.2 Å². The molecule has 438 valence electrons. The molecule has 1 aliphatic heterocycles. The number of aliphatic hydroxyl groups is 3. The highest BCUT2D eigenvalue weighted by molar-refractivity contribution is 7.80. The first kappa shape index (κ1) is 70.6. The van der Waals surface area contributed by atoms with Crippen LogP contribution in [0.15, 0.2) is 24.3 Å². The van der Waals surface area contributed by atoms with E-state index in [-0.39, 0.29) is 19.6 Å². The first-order chi connectivity index (χ1) is 36.1. The number of carbonyl (C=O) groups is 1. The van der Waals surface area contributed by atoms with Gasteiger partial charge in [-0.25, -0.2) is 4.18 Å². The second-order valence-corrected chi connectivity index (χ2v) is 22.7. The summed E-state index contributed by atoms with van der Waals surface area (Å²) >= 11 is 0. The molecule has 13 heteroatoms. The van der Waals surface area contributed by atoms with Crippen molar-refractivity contribution in [1.82, 2.24) is 0 Å². The minimum atomic E-state index is -5.07. The molecule has 0 aromatic heterocycles. The molecule has 6 unspecified atom stereocenters. The van der Waals surface area contributed by atoms with Gasteiger partial charge in [0.2, 0.25) is 0 Å². The van der Waals surface area contributed by atoms with Crippen LogP contribution in [-0.4, -0.2) is 97.5 Å². The normalized spacial score (nSPS) is 18.8. The van der Waals surface area contributed by atoms with E-state index in [1.807, 2.05) is 0 Å². The molecule has 0 saturated carbocycles. The number of esters is 1. The third kappa shape index (κ3) is 44.5. The number of allylic oxidation sites excluding steroid dienone is 4. The highest BCUT2D eigenvalue weighted by Crippen LogP contribution is 2.26. The van der Waals surface area contributed by atoms with Crippen molar-refractivity contribution in [3.8, 4) is 0 Å². The van der Waals surface area contributed by atoms with Crippen LogP contribution >= 0.6 is 0 Å². The molecule has 0 bridgehead atoms. The summed E-state index contributed by atoms with van der Waals surface area (Å²) in [4.78, 5) is 13.0. The molecule has 0 aromatic carbocycles. The monoisotopic (exact) mass is 1070 g/mol. The Morgan fingerprint density at radius 3 is 1.22 bits per heavy atom. The van der Waals surface area contributed by atoms with Crippen molar-refractivity contribution >= 4 is 16.4 Å². The molecule has 4 N–H and O–H groups in total. The summed E-state index contributed by atoms with van der Waals surface area (Å²) in [5, 5.41) is 30.9. The predicted molar refractivity (Wildman–Crippen MR) is 304 cm³/mol. The topological polar surface area (TPSA) is 178 Å². The number of aliphatic hydroxyl groups excluding tert-OH is 3. The van der Waals surface area contributed by atoms with Gasteiger partial charge in [-0.1, -0.05) is 250 Å². The minimum absolute atomic E-state index is 0.0397. The van der Waals surface area contributed by atoms with Gasteiger partial charge >= 0.3 is 16.4 Å². The Morgan fingerprint density at radius 2 is 0.851 bits per heavy atom. The molecular formula is C61H116O12S. The lowest BCUT2D eigenvalue weighted by atomic mass is 9.99. The Labute approximate surface area is 454 Å². The van der Waals surface area contributed by atoms with Crippen LogP contribution in [0, 0.1) is 0 Å². The Hall–Kier alpha value is -1.42. The van der Waals surface area contributed by atoms with E-state index in [2.05, 4.69) is 42.3 Å². The van der Waals surface area contributed by atoms with Gasteiger partial charge in [0.05, 0.1) is 19.8 Å². The average Bonchev–Trinajstić information content (AvgIpc) is 3.38. The third-order valence-electron chi connectivity index (χ3n) is 14.5. The highest BCUT2D eigenvalue weighted by Gasteiger charge is 2.48. The van der Waals surface area contributed by atoms with Gasteiger partial charge in [-0.2, -0.15) is 8.42 Å². The van der Waals surface area contributed by atoms with Gasteiger partial charge in [-0.05, 0) is 64.2 Å². The minimum Gasteiger partial charge on any atom is -0.457 e. The van der Waals surface area contributed by atoms with Gasteiger partial charge in [-0.15, -0.1) is 0 Å². The molecule has 0 aliphatic carbocycles. The predicted octanol–water partition coefficient (Wildman–Crippen LogP) is 15.9. The van der Waals surface area contributed by atoms with Crippen molar-refractivity contribution in [2.75, 3.05) is 26.4 Å². The molecule has 0 aromatic rings. The molecule has 1 heterocycles. The highest BCUT2D eigenvalue weighted by atomic mass is 32.3. The van der Waals surface area contributed by atoms with Crippen LogP contribution in [0.3, 0.4) is 0 Å². The second-order valence-electron chi connectivity index (χ2n) is 21.6. The maximum atomic E-state index is 13.0. The van der Waals surface area contributed by atoms with Crippen molar-refractivity contribution in [2.24, 2.45) is 0 Å². The lowest BCUT2D eigenvalue weighted by Crippen LogP contribution is -2.60. The summed E-state index contributed by atoms with van der Waals surface area (Å²) in [6.07, 6.45) is 55.1. The van der Waals surface area contributed by atoms with E-state index in [4.69, 9.17) is 18.9 Å². The van der Waals surface area contributed by atoms with E-state index in [1.54, 1.807) is 0 Å². The van der Waals surface area contributed by atoms with Crippen molar-refractivity contribution in [1.29, 1.82) is 0 Å². The van der Waals surface area contributed by atoms with Crippen molar-refractivity contribution in [2.45, 2.75) is 333 Å². The lowest BCUT2D eigenvalue weighted by molar-refractivity contribution is -0.301. The SMILES string of the molecule is CCCCCCCCCC/C=C\CCCCCCCCCCCCCCOCC(COC1OC(CO)C(O)C(OS(=O)(=O)O)C1O)OC(=O)CCCCCCCCCCCCC/C=C\CCCCCCCCCC. The number of ether oxygens (including phenoxy) is 4. The largest absolute Gasteiger partial charge is 0.457 e. The molecule has 0 amide bonds. The summed E-state index contributed by atoms with van der Waals surface area (Å²) in [5.74, 6) is -0.394. The lowest BCUT2D eigenvalue weighted by Gasteiger charge is -2.41. The smallest absolute Gasteiger partial charge is 0.397 e. The van der Waals surface area contributed by atoms with E-state index < -0.39 is 59.8 Å². The van der Waals surface area contributed by atoms with E-state index in [1.165, 1.54) is 231 Å². The van der Waals surface area contributed by atoms with E-state index in [9.17, 15) is 33.1 Å². The summed E-state index contributed by atoms with van der Waals surface area (Å²) < 4.78 is 59.5. The van der Waals surface area contributed by atoms with Gasteiger partial charge in [-0.3, -0.25) is 9.35 Å². The first-order valence-corrected chi connectivity index (χ1v) is 32.5. The summed E-state index contributed by atoms with van der Waals surface area (Å²) in [6, 6.07) is 0. The second kappa shape index (κ2) is 52.3. The maximum Gasteiger partial charge on any atom is 0.397 e. The van der Waals surface area contributed by atoms with Gasteiger partial charge < -0.3 is 34.3 Å². The summed E-state index contributed by atoms with van der Waals surface area (Å²) in [7, 11) is -5.07. The zero-order valence-electron chi connectivity index (χ0n) is 47.7. The average molecular weight is 1070 g/mol. The first-order valence-electron chi connectivity index (χ1n) is 31.1. The maximum absolute atomic E-state index is 13.0. The van der Waals surface area contributed by atoms with Crippen molar-refractivity contribution in [3.63, 3.8) is 0 Å². The Kier molecular flexibility index (Phi) is 49.9. The Bertz CT molecular complexity index is 1380. The molecular weight excluding hydrogens is 957 g/mol. The number of rotatable bonds is 56. The Morgan fingerprint density at radius 1 is 0.500 bits per heavy atom. The summed E-state index contributed by atoms with van der Waals surface area (Å²) in [6.45, 7) is 4.06. The van der Waals surface area contributed by atoms with Crippen LogP contribution in [0.4, 0.5) is 0 Å². The Balaban J connectivity index is 2.25. The summed E-state index contributed by atoms with van der Waals surface area (Å²) in [5.41, 5.74) is 0. The number of unbranched alkanes of at least 4 members (excludes halogenated alkanes) is 39. The molecule has 74 heavy (non-hydrogen) atoms. The standard InChI is InChI=1S/C61H116O12S/c1-3-5-7-9-11-13-15-17-19-21-23-25-27-29-31-33-35-37-39-41-43-45-47-49-51-69-53-55(54-70-61-59(65)60(73-74(66,67)68)58(64)56(52-62)72-61)71-57(63)50-48-46-44-42-40-38-36-34-32-30-28-26-24-22-20-18-16-14-12-10-8-6-4-2/h21-24,55-56,58-62,64-65H,3-20,25-54H2,1-2H3,(H,66,67,68)/b23-21-,24-22-. The van der Waals surface area contributed by atoms with E-state index in [0.29, 0.717) is 13.0 Å². The van der Waals surface area contributed by atoms with Crippen LogP contribution < -0.4 is 0 Å². The fraction of sp³-hybridized carbons (Fsp3) is 0.918. The number of hydrogen-bond donors (Lipinski definition) is 4. The van der Waals surface area contributed by atoms with Crippen LogP contribution in [0.5, 0.6) is 0 Å². The number of carbonyl (C=O) groups excluding carboxylic acids is 1. The van der Waals surface area contributed by atoms with Gasteiger partial charge in [0.1, 0.15) is 30.5 Å². The fourth-order valence-corrected chi connectivity index (χ4v) is 10.4. The van der Waals surface area contributed by atoms with Crippen LogP contribution in [0.25, 0.3) is 0 Å². The van der Waals surface area contributed by atoms with E-state index in [0.717, 1.165) is 38.5 Å². The zero-order valence-corrected chi connectivity index (χ0v) is 48.5. The molecule has 1 aliphatic rings. The molecule has 1 rings (SSSR count). The van der Waals surface area contributed by atoms with E-state index >= 15 is 0 Å². The number of hydrogen-bond acceptors (Lipinski definition) is 11. The molecule has 0 radical (unpaired) electrons. The molecule has 6 atom stereocenters. The quantitative estimate of drug-likeness (QED) is 0.0196. The zero-order chi connectivity index (χ0) is 53.8. The van der Waals surface area contributed by atoms with Crippen LogP contribution in [0.1, 0.15) is 296 Å². The molecule has 0 spiro atoms. The van der Waals surface area contributed by atoms with Crippen LogP contribution in [-0.2, 0) is 38.3 Å². The van der Waals surface area contributed by atoms with Gasteiger partial charge in [0.25, 0.3) is 0 Å². The fourth-order valence-electron chi connectivity index (χ4n) is 9.84. The molecule has 1 fully saturated rings. The molecule has 12 nitrogen and oxygen atoms in total. The van der Waals surface area contributed by atoms with Gasteiger partial charge in [0.15, 0.2) is 6.29 Å².